The van der Waals surface area contributed by atoms with Crippen molar-refractivity contribution in [3.05, 3.63) is 28.5 Å². The van der Waals surface area contributed by atoms with Crippen molar-refractivity contribution < 1.29 is 4.74 Å². The van der Waals surface area contributed by atoms with Crippen LogP contribution in [-0.4, -0.2) is 22.3 Å². The molecule has 1 fully saturated rings. The summed E-state index contributed by atoms with van der Waals surface area (Å²) in [5.41, 5.74) is 3.55. The number of fused-ring (bicyclic) bond motifs is 1. The number of nitrogens with zero attached hydrogens (tertiary/aromatic N) is 1. The molecule has 96 valence electrons. The zero-order valence-corrected chi connectivity index (χ0v) is 11.4. The first kappa shape index (κ1) is 11.9. The van der Waals surface area contributed by atoms with Crippen LogP contribution in [0.25, 0.3) is 11.0 Å². The van der Waals surface area contributed by atoms with Gasteiger partial charge in [0.1, 0.15) is 0 Å². The molecule has 1 saturated heterocycles. The lowest BCUT2D eigenvalue weighted by molar-refractivity contribution is 0.00641. The summed E-state index contributed by atoms with van der Waals surface area (Å²) < 4.78 is 8.76. The lowest BCUT2D eigenvalue weighted by Crippen LogP contribution is -2.24. The Morgan fingerprint density at radius 2 is 2.33 bits per heavy atom. The lowest BCUT2D eigenvalue weighted by Gasteiger charge is -2.23. The maximum absolute atomic E-state index is 5.80. The van der Waals surface area contributed by atoms with Crippen molar-refractivity contribution in [1.29, 1.82) is 0 Å². The average molecular weight is 262 g/mol. The maximum Gasteiger partial charge on any atom is 0.178 e. The Bertz CT molecular complexity index is 608. The van der Waals surface area contributed by atoms with Crippen LogP contribution in [0.15, 0.2) is 18.2 Å². The van der Waals surface area contributed by atoms with Gasteiger partial charge in [0, 0.05) is 6.61 Å². The van der Waals surface area contributed by atoms with Gasteiger partial charge in [-0.15, -0.1) is 0 Å². The van der Waals surface area contributed by atoms with Crippen LogP contribution in [-0.2, 0) is 11.3 Å². The second-order valence-electron chi connectivity index (χ2n) is 5.05. The summed E-state index contributed by atoms with van der Waals surface area (Å²) in [6.07, 6.45) is 3.90. The largest absolute Gasteiger partial charge is 0.376 e. The summed E-state index contributed by atoms with van der Waals surface area (Å²) in [7, 11) is 0. The normalized spacial score (nSPS) is 20.4. The molecule has 2 heterocycles. The monoisotopic (exact) mass is 262 g/mol. The predicted octanol–water partition coefficient (Wildman–Crippen LogP) is 3.58. The molecule has 18 heavy (non-hydrogen) atoms. The molecule has 3 rings (SSSR count). The Kier molecular flexibility index (Phi) is 3.22. The second-order valence-corrected chi connectivity index (χ2v) is 5.44. The number of nitrogens with one attached hydrogen (secondary N) is 1. The Labute approximate surface area is 112 Å². The molecule has 1 aromatic heterocycles. The summed E-state index contributed by atoms with van der Waals surface area (Å²) in [5, 5.41) is 0. The van der Waals surface area contributed by atoms with Crippen molar-refractivity contribution >= 4 is 23.3 Å². The molecule has 4 heteroatoms. The highest BCUT2D eigenvalue weighted by atomic mass is 32.1. The highest BCUT2D eigenvalue weighted by Gasteiger charge is 2.16. The van der Waals surface area contributed by atoms with Gasteiger partial charge in [0.05, 0.1) is 23.7 Å². The van der Waals surface area contributed by atoms with Gasteiger partial charge in [-0.3, -0.25) is 0 Å². The van der Waals surface area contributed by atoms with E-state index < -0.39 is 0 Å². The van der Waals surface area contributed by atoms with Crippen molar-refractivity contribution in [3.63, 3.8) is 0 Å². The molecule has 0 radical (unpaired) electrons. The van der Waals surface area contributed by atoms with Gasteiger partial charge in [-0.25, -0.2) is 0 Å². The third kappa shape index (κ3) is 2.22. The van der Waals surface area contributed by atoms with Gasteiger partial charge in [-0.1, -0.05) is 6.07 Å². The number of H-pyrrole nitrogens is 1. The van der Waals surface area contributed by atoms with Crippen molar-refractivity contribution in [2.45, 2.75) is 38.8 Å². The van der Waals surface area contributed by atoms with E-state index in [1.165, 1.54) is 23.9 Å². The van der Waals surface area contributed by atoms with Gasteiger partial charge in [-0.2, -0.15) is 0 Å². The standard InChI is InChI=1S/C14H18N2OS/c1-10-5-6-13-12(8-10)15-14(18)16(13)9-11-4-2-3-7-17-11/h5-6,8,11H,2-4,7,9H2,1H3,(H,15,18). The van der Waals surface area contributed by atoms with E-state index in [4.69, 9.17) is 17.0 Å². The summed E-state index contributed by atoms with van der Waals surface area (Å²) in [5.74, 6) is 0. The molecule has 1 unspecified atom stereocenters. The van der Waals surface area contributed by atoms with Crippen LogP contribution in [0, 0.1) is 11.7 Å². The van der Waals surface area contributed by atoms with Gasteiger partial charge in [0.15, 0.2) is 4.77 Å². The lowest BCUT2D eigenvalue weighted by atomic mass is 10.1. The van der Waals surface area contributed by atoms with Crippen LogP contribution in [0.4, 0.5) is 0 Å². The van der Waals surface area contributed by atoms with E-state index in [0.717, 1.165) is 29.9 Å². The van der Waals surface area contributed by atoms with Crippen molar-refractivity contribution in [3.8, 4) is 0 Å². The number of ether oxygens (including phenoxy) is 1. The second kappa shape index (κ2) is 4.86. The van der Waals surface area contributed by atoms with Gasteiger partial charge in [0.25, 0.3) is 0 Å². The number of benzene rings is 1. The molecule has 1 aliphatic rings. The molecule has 0 spiro atoms. The Balaban J connectivity index is 1.95. The van der Waals surface area contributed by atoms with Gasteiger partial charge < -0.3 is 14.3 Å². The zero-order valence-electron chi connectivity index (χ0n) is 10.6. The van der Waals surface area contributed by atoms with E-state index in [-0.39, 0.29) is 0 Å². The Morgan fingerprint density at radius 1 is 1.44 bits per heavy atom. The highest BCUT2D eigenvalue weighted by molar-refractivity contribution is 7.71. The minimum atomic E-state index is 0.311. The molecule has 1 aliphatic heterocycles. The number of aromatic nitrogens is 2. The predicted molar refractivity (Wildman–Crippen MR) is 75.5 cm³/mol. The summed E-state index contributed by atoms with van der Waals surface area (Å²) in [6.45, 7) is 3.85. The topological polar surface area (TPSA) is 29.9 Å². The van der Waals surface area contributed by atoms with E-state index in [2.05, 4.69) is 34.7 Å². The van der Waals surface area contributed by atoms with Crippen molar-refractivity contribution in [2.24, 2.45) is 0 Å². The molecular weight excluding hydrogens is 244 g/mol. The number of imidazole rings is 1. The molecule has 1 atom stereocenters. The average Bonchev–Trinajstić information content (AvgIpc) is 2.66. The molecular formula is C14H18N2OS. The molecule has 1 N–H and O–H groups in total. The smallest absolute Gasteiger partial charge is 0.178 e. The van der Waals surface area contributed by atoms with Crippen molar-refractivity contribution in [2.75, 3.05) is 6.61 Å². The number of hydrogen-bond donors (Lipinski definition) is 1. The summed E-state index contributed by atoms with van der Waals surface area (Å²) in [4.78, 5) is 3.28. The number of aryl methyl sites for hydroxylation is 1. The minimum absolute atomic E-state index is 0.311. The van der Waals surface area contributed by atoms with Crippen LogP contribution in [0.5, 0.6) is 0 Å². The molecule has 1 aromatic carbocycles. The van der Waals surface area contributed by atoms with Gasteiger partial charge in [0.2, 0.25) is 0 Å². The fourth-order valence-corrected chi connectivity index (χ4v) is 2.90. The third-order valence-electron chi connectivity index (χ3n) is 3.59. The van der Waals surface area contributed by atoms with Crippen LogP contribution in [0.3, 0.4) is 0 Å². The SMILES string of the molecule is Cc1ccc2c(c1)[nH]c(=S)n2CC1CCCCO1. The van der Waals surface area contributed by atoms with Crippen molar-refractivity contribution in [1.82, 2.24) is 9.55 Å². The number of aromatic amines is 1. The van der Waals surface area contributed by atoms with Crippen LogP contribution >= 0.6 is 12.2 Å². The first-order chi connectivity index (χ1) is 8.74. The zero-order chi connectivity index (χ0) is 12.5. The van der Waals surface area contributed by atoms with E-state index >= 15 is 0 Å². The summed E-state index contributed by atoms with van der Waals surface area (Å²) in [6, 6.07) is 6.41. The van der Waals surface area contributed by atoms with E-state index in [0.29, 0.717) is 6.10 Å². The van der Waals surface area contributed by atoms with E-state index in [1.54, 1.807) is 0 Å². The van der Waals surface area contributed by atoms with Gasteiger partial charge in [-0.05, 0) is 56.1 Å². The molecule has 2 aromatic rings. The van der Waals surface area contributed by atoms with Crippen LogP contribution in [0.1, 0.15) is 24.8 Å². The molecule has 0 amide bonds. The number of rotatable bonds is 2. The Hall–Kier alpha value is -1.13. The Morgan fingerprint density at radius 3 is 3.11 bits per heavy atom. The minimum Gasteiger partial charge on any atom is -0.376 e. The van der Waals surface area contributed by atoms with Crippen LogP contribution in [0.2, 0.25) is 0 Å². The fraction of sp³-hybridized carbons (Fsp3) is 0.500. The van der Waals surface area contributed by atoms with Crippen LogP contribution < -0.4 is 0 Å². The van der Waals surface area contributed by atoms with E-state index in [9.17, 15) is 0 Å². The third-order valence-corrected chi connectivity index (χ3v) is 3.91. The highest BCUT2D eigenvalue weighted by Crippen LogP contribution is 2.20. The molecule has 0 bridgehead atoms. The first-order valence-corrected chi connectivity index (χ1v) is 6.95. The molecule has 0 aliphatic carbocycles. The summed E-state index contributed by atoms with van der Waals surface area (Å²) >= 11 is 5.42. The van der Waals surface area contributed by atoms with E-state index in [1.807, 2.05) is 0 Å². The fourth-order valence-electron chi connectivity index (χ4n) is 2.61. The molecule has 0 saturated carbocycles. The molecule has 3 nitrogen and oxygen atoms in total. The quantitative estimate of drug-likeness (QED) is 0.838. The maximum atomic E-state index is 5.80. The first-order valence-electron chi connectivity index (χ1n) is 6.55. The van der Waals surface area contributed by atoms with Gasteiger partial charge >= 0.3 is 0 Å². The number of hydrogen-bond acceptors (Lipinski definition) is 2.